The molecule has 48 heavy (non-hydrogen) atoms. The van der Waals surface area contributed by atoms with Gasteiger partial charge in [-0.15, -0.1) is 0 Å². The number of ether oxygens (including phenoxy) is 2. The van der Waals surface area contributed by atoms with Crippen LogP contribution in [0.2, 0.25) is 0 Å². The van der Waals surface area contributed by atoms with Crippen molar-refractivity contribution in [2.45, 2.75) is 161 Å². The molecule has 0 aromatic heterocycles. The summed E-state index contributed by atoms with van der Waals surface area (Å²) >= 11 is 0. The molecular weight excluding hydrogens is 627 g/mol. The molecule has 2 N–H and O–H groups in total. The molecule has 0 fully saturated rings. The van der Waals surface area contributed by atoms with E-state index in [1.54, 1.807) is 0 Å². The number of hydrogen-bond donors (Lipinski definition) is 2. The molecule has 0 amide bonds. The van der Waals surface area contributed by atoms with Crippen molar-refractivity contribution in [3.63, 3.8) is 0 Å². The Bertz CT molecular complexity index is 963. The minimum absolute atomic E-state index is 0.188. The number of esters is 2. The molecular formula is C39H67O8P. The van der Waals surface area contributed by atoms with E-state index in [9.17, 15) is 14.2 Å². The molecule has 0 saturated heterocycles. The molecule has 0 aromatic carbocycles. The maximum Gasteiger partial charge on any atom is 0.469 e. The van der Waals surface area contributed by atoms with Crippen LogP contribution in [-0.2, 0) is 28.2 Å². The molecule has 0 unspecified atom stereocenters. The largest absolute Gasteiger partial charge is 0.469 e. The molecule has 0 bridgehead atoms. The van der Waals surface area contributed by atoms with Gasteiger partial charge in [0.15, 0.2) is 6.10 Å². The summed E-state index contributed by atoms with van der Waals surface area (Å²) in [5, 5.41) is 0. The van der Waals surface area contributed by atoms with Gasteiger partial charge >= 0.3 is 19.8 Å². The third kappa shape index (κ3) is 36.6. The van der Waals surface area contributed by atoms with Crippen LogP contribution in [0.25, 0.3) is 0 Å². The number of unbranched alkanes of at least 4 members (excludes halogenated alkanes) is 13. The van der Waals surface area contributed by atoms with Gasteiger partial charge in [-0.25, -0.2) is 4.57 Å². The molecule has 0 spiro atoms. The molecule has 276 valence electrons. The first-order chi connectivity index (χ1) is 23.3. The fourth-order valence-electron chi connectivity index (χ4n) is 4.82. The summed E-state index contributed by atoms with van der Waals surface area (Å²) in [4.78, 5) is 42.6. The van der Waals surface area contributed by atoms with Crippen molar-refractivity contribution in [1.29, 1.82) is 0 Å². The fraction of sp³-hybridized carbons (Fsp3) is 0.692. The zero-order valence-electron chi connectivity index (χ0n) is 30.1. The van der Waals surface area contributed by atoms with Crippen molar-refractivity contribution in [3.05, 3.63) is 60.8 Å². The van der Waals surface area contributed by atoms with E-state index in [-0.39, 0.29) is 19.4 Å². The van der Waals surface area contributed by atoms with Crippen molar-refractivity contribution < 1.29 is 37.9 Å². The van der Waals surface area contributed by atoms with Gasteiger partial charge in [0.1, 0.15) is 6.61 Å². The lowest BCUT2D eigenvalue weighted by atomic mass is 10.0. The fourth-order valence-corrected chi connectivity index (χ4v) is 5.18. The van der Waals surface area contributed by atoms with Crippen LogP contribution in [0.3, 0.4) is 0 Å². The average molecular weight is 695 g/mol. The quantitative estimate of drug-likeness (QED) is 0.0301. The van der Waals surface area contributed by atoms with Crippen LogP contribution in [0.1, 0.15) is 155 Å². The molecule has 0 saturated carbocycles. The van der Waals surface area contributed by atoms with Crippen LogP contribution in [0, 0.1) is 0 Å². The van der Waals surface area contributed by atoms with E-state index in [2.05, 4.69) is 73.1 Å². The highest BCUT2D eigenvalue weighted by atomic mass is 31.2. The third-order valence-electron chi connectivity index (χ3n) is 7.55. The monoisotopic (exact) mass is 694 g/mol. The van der Waals surface area contributed by atoms with Crippen molar-refractivity contribution in [1.82, 2.24) is 0 Å². The molecule has 0 radical (unpaired) electrons. The molecule has 0 aliphatic rings. The van der Waals surface area contributed by atoms with Crippen molar-refractivity contribution in [2.24, 2.45) is 0 Å². The summed E-state index contributed by atoms with van der Waals surface area (Å²) in [5.41, 5.74) is 0. The SMILES string of the molecule is CC/C=C/C/C=C/C/C=C/C/C=C/C/C=C/CCCC(=O)OC[C@H](COP(=O)(O)O)OC(=O)CCCCCCCCCCCCCCC. The summed E-state index contributed by atoms with van der Waals surface area (Å²) < 4.78 is 26.2. The first kappa shape index (κ1) is 45.8. The number of allylic oxidation sites excluding steroid dienone is 10. The lowest BCUT2D eigenvalue weighted by Gasteiger charge is -2.18. The minimum Gasteiger partial charge on any atom is -0.462 e. The van der Waals surface area contributed by atoms with Gasteiger partial charge in [-0.05, 0) is 51.4 Å². The van der Waals surface area contributed by atoms with E-state index in [0.29, 0.717) is 12.8 Å². The Balaban J connectivity index is 4.08. The number of carbonyl (C=O) groups excluding carboxylic acids is 2. The van der Waals surface area contributed by atoms with Gasteiger partial charge < -0.3 is 19.3 Å². The van der Waals surface area contributed by atoms with Gasteiger partial charge in [-0.2, -0.15) is 0 Å². The number of carbonyl (C=O) groups is 2. The van der Waals surface area contributed by atoms with E-state index >= 15 is 0 Å². The number of phosphoric acid groups is 1. The maximum absolute atomic E-state index is 12.3. The average Bonchev–Trinajstić information content (AvgIpc) is 3.05. The lowest BCUT2D eigenvalue weighted by molar-refractivity contribution is -0.161. The first-order valence-corrected chi connectivity index (χ1v) is 20.1. The first-order valence-electron chi connectivity index (χ1n) is 18.6. The van der Waals surface area contributed by atoms with Crippen LogP contribution >= 0.6 is 7.82 Å². The van der Waals surface area contributed by atoms with Gasteiger partial charge in [0.05, 0.1) is 6.61 Å². The smallest absolute Gasteiger partial charge is 0.462 e. The lowest BCUT2D eigenvalue weighted by Crippen LogP contribution is -2.29. The Labute approximate surface area is 292 Å². The number of rotatable bonds is 33. The second kappa shape index (κ2) is 34.6. The Morgan fingerprint density at radius 1 is 0.562 bits per heavy atom. The van der Waals surface area contributed by atoms with Gasteiger partial charge in [-0.3, -0.25) is 14.1 Å². The standard InChI is InChI=1S/C39H67O8P/c1-3-5-7-9-11-13-15-17-18-19-20-22-23-25-27-29-31-33-38(40)45-35-37(36-46-48(42,43)44)47-39(41)34-32-30-28-26-24-21-16-14-12-10-8-6-4-2/h5,7,11,13,17-18,20,22,25,27,37H,3-4,6,8-10,12,14-16,19,21,23-24,26,28-36H2,1-2H3,(H2,42,43,44)/b7-5+,13-11+,18-17+,22-20+,27-25+/t37-/m1/s1. The van der Waals surface area contributed by atoms with Crippen LogP contribution < -0.4 is 0 Å². The highest BCUT2D eigenvalue weighted by Crippen LogP contribution is 2.36. The van der Waals surface area contributed by atoms with Crippen molar-refractivity contribution in [2.75, 3.05) is 13.2 Å². The van der Waals surface area contributed by atoms with Crippen LogP contribution in [0.5, 0.6) is 0 Å². The predicted octanol–water partition coefficient (Wildman–Crippen LogP) is 11.0. The maximum atomic E-state index is 12.3. The highest BCUT2D eigenvalue weighted by Gasteiger charge is 2.22. The van der Waals surface area contributed by atoms with Crippen LogP contribution in [0.4, 0.5) is 0 Å². The Morgan fingerprint density at radius 3 is 1.48 bits per heavy atom. The Morgan fingerprint density at radius 2 is 1.00 bits per heavy atom. The Kier molecular flexibility index (Phi) is 33.0. The Hall–Kier alpha value is -2.25. The van der Waals surface area contributed by atoms with E-state index in [1.807, 2.05) is 6.08 Å². The predicted molar refractivity (Wildman–Crippen MR) is 197 cm³/mol. The molecule has 0 rings (SSSR count). The zero-order valence-corrected chi connectivity index (χ0v) is 31.0. The highest BCUT2D eigenvalue weighted by molar-refractivity contribution is 7.46. The van der Waals surface area contributed by atoms with Crippen molar-refractivity contribution >= 4 is 19.8 Å². The number of hydrogen-bond acceptors (Lipinski definition) is 6. The summed E-state index contributed by atoms with van der Waals surface area (Å²) in [5.74, 6) is -0.956. The summed E-state index contributed by atoms with van der Waals surface area (Å²) in [6.07, 6.45) is 42.3. The number of phosphoric ester groups is 1. The normalized spacial score (nSPS) is 13.2. The van der Waals surface area contributed by atoms with Gasteiger partial charge in [0.2, 0.25) is 0 Å². The molecule has 0 aromatic rings. The second-order valence-electron chi connectivity index (χ2n) is 12.2. The van der Waals surface area contributed by atoms with Crippen LogP contribution in [0.15, 0.2) is 60.8 Å². The summed E-state index contributed by atoms with van der Waals surface area (Å²) in [6.45, 7) is 3.50. The molecule has 1 atom stereocenters. The van der Waals surface area contributed by atoms with E-state index < -0.39 is 32.5 Å². The molecule has 9 heteroatoms. The van der Waals surface area contributed by atoms with Gasteiger partial charge in [0, 0.05) is 12.8 Å². The third-order valence-corrected chi connectivity index (χ3v) is 8.04. The van der Waals surface area contributed by atoms with E-state index in [1.165, 1.54) is 57.8 Å². The topological polar surface area (TPSA) is 119 Å². The summed E-state index contributed by atoms with van der Waals surface area (Å²) in [7, 11) is -4.76. The second-order valence-corrected chi connectivity index (χ2v) is 13.4. The summed E-state index contributed by atoms with van der Waals surface area (Å²) in [6, 6.07) is 0. The molecule has 0 aliphatic carbocycles. The molecule has 0 aliphatic heterocycles. The van der Waals surface area contributed by atoms with E-state index in [0.717, 1.165) is 57.8 Å². The van der Waals surface area contributed by atoms with E-state index in [4.69, 9.17) is 19.3 Å². The van der Waals surface area contributed by atoms with Gasteiger partial charge in [-0.1, -0.05) is 152 Å². The van der Waals surface area contributed by atoms with Crippen molar-refractivity contribution in [3.8, 4) is 0 Å². The van der Waals surface area contributed by atoms with Gasteiger partial charge in [0.25, 0.3) is 0 Å². The molecule has 0 heterocycles. The van der Waals surface area contributed by atoms with Crippen LogP contribution in [-0.4, -0.2) is 41.0 Å². The minimum atomic E-state index is -4.76. The molecule has 8 nitrogen and oxygen atoms in total. The zero-order chi connectivity index (χ0) is 35.4.